The van der Waals surface area contributed by atoms with Gasteiger partial charge < -0.3 is 10.1 Å². The standard InChI is InChI=1S/C18H13F3N2O/c1-2-12-4-3-5-13-6-11-16(23-17(12)13)22-14-7-9-15(10-8-14)24-18(19,20)21/h2-11H,1H2,(H,22,23). The second-order valence-electron chi connectivity index (χ2n) is 5.02. The van der Waals surface area contributed by atoms with Gasteiger partial charge in [-0.2, -0.15) is 0 Å². The fourth-order valence-electron chi connectivity index (χ4n) is 2.29. The van der Waals surface area contributed by atoms with Crippen LogP contribution < -0.4 is 10.1 Å². The summed E-state index contributed by atoms with van der Waals surface area (Å²) in [7, 11) is 0. The summed E-state index contributed by atoms with van der Waals surface area (Å²) in [5.74, 6) is 0.315. The van der Waals surface area contributed by atoms with Crippen molar-refractivity contribution in [2.24, 2.45) is 0 Å². The van der Waals surface area contributed by atoms with Crippen LogP contribution in [0.4, 0.5) is 24.7 Å². The summed E-state index contributed by atoms with van der Waals surface area (Å²) in [5, 5.41) is 4.03. The summed E-state index contributed by atoms with van der Waals surface area (Å²) in [5.41, 5.74) is 2.31. The number of ether oxygens (including phenoxy) is 1. The number of nitrogens with one attached hydrogen (secondary N) is 1. The van der Waals surface area contributed by atoms with Crippen LogP contribution in [0.2, 0.25) is 0 Å². The van der Waals surface area contributed by atoms with E-state index in [0.29, 0.717) is 11.5 Å². The van der Waals surface area contributed by atoms with Crippen molar-refractivity contribution in [1.82, 2.24) is 4.98 Å². The van der Waals surface area contributed by atoms with Crippen molar-refractivity contribution in [2.45, 2.75) is 6.36 Å². The van der Waals surface area contributed by atoms with E-state index in [4.69, 9.17) is 0 Å². The van der Waals surface area contributed by atoms with Crippen molar-refractivity contribution >= 4 is 28.5 Å². The van der Waals surface area contributed by atoms with Gasteiger partial charge in [0.15, 0.2) is 0 Å². The molecule has 0 saturated carbocycles. The average molecular weight is 330 g/mol. The number of aromatic nitrogens is 1. The maximum absolute atomic E-state index is 12.2. The highest BCUT2D eigenvalue weighted by Crippen LogP contribution is 2.26. The van der Waals surface area contributed by atoms with Crippen molar-refractivity contribution in [3.8, 4) is 5.75 Å². The Balaban J connectivity index is 1.83. The summed E-state index contributed by atoms with van der Waals surface area (Å²) >= 11 is 0. The van der Waals surface area contributed by atoms with Crippen LogP contribution >= 0.6 is 0 Å². The molecule has 0 bridgehead atoms. The number of anilines is 2. The predicted octanol–water partition coefficient (Wildman–Crippen LogP) is 5.52. The molecule has 0 aliphatic rings. The first kappa shape index (κ1) is 15.9. The van der Waals surface area contributed by atoms with Crippen molar-refractivity contribution in [3.05, 3.63) is 66.7 Å². The summed E-state index contributed by atoms with van der Waals surface area (Å²) in [6.45, 7) is 3.77. The Hall–Kier alpha value is -3.02. The number of fused-ring (bicyclic) bond motifs is 1. The number of nitrogens with zero attached hydrogens (tertiary/aromatic N) is 1. The van der Waals surface area contributed by atoms with Gasteiger partial charge in [0.05, 0.1) is 5.52 Å². The van der Waals surface area contributed by atoms with E-state index >= 15 is 0 Å². The van der Waals surface area contributed by atoms with Crippen LogP contribution in [0.5, 0.6) is 5.75 Å². The number of para-hydroxylation sites is 1. The van der Waals surface area contributed by atoms with Crippen LogP contribution in [0.3, 0.4) is 0 Å². The molecule has 1 heterocycles. The molecule has 0 aliphatic carbocycles. The Morgan fingerprint density at radius 3 is 2.42 bits per heavy atom. The lowest BCUT2D eigenvalue weighted by Gasteiger charge is -2.11. The number of alkyl halides is 3. The molecule has 0 radical (unpaired) electrons. The minimum Gasteiger partial charge on any atom is -0.406 e. The third kappa shape index (κ3) is 3.65. The van der Waals surface area contributed by atoms with E-state index in [1.54, 1.807) is 12.1 Å². The number of halogens is 3. The molecule has 2 aromatic carbocycles. The zero-order valence-electron chi connectivity index (χ0n) is 12.5. The molecule has 3 aromatic rings. The zero-order valence-corrected chi connectivity index (χ0v) is 12.5. The summed E-state index contributed by atoms with van der Waals surface area (Å²) in [4.78, 5) is 4.53. The third-order valence-electron chi connectivity index (χ3n) is 3.33. The van der Waals surface area contributed by atoms with Crippen molar-refractivity contribution in [3.63, 3.8) is 0 Å². The van der Waals surface area contributed by atoms with Gasteiger partial charge in [0, 0.05) is 16.6 Å². The molecule has 0 amide bonds. The Morgan fingerprint density at radius 2 is 1.75 bits per heavy atom. The average Bonchev–Trinajstić information content (AvgIpc) is 2.55. The van der Waals surface area contributed by atoms with Crippen LogP contribution in [-0.2, 0) is 0 Å². The van der Waals surface area contributed by atoms with Crippen molar-refractivity contribution < 1.29 is 17.9 Å². The van der Waals surface area contributed by atoms with Gasteiger partial charge in [-0.3, -0.25) is 0 Å². The molecular formula is C18H13F3N2O. The Bertz CT molecular complexity index is 874. The van der Waals surface area contributed by atoms with Crippen LogP contribution in [0.1, 0.15) is 5.56 Å². The van der Waals surface area contributed by atoms with Gasteiger partial charge in [-0.15, -0.1) is 13.2 Å². The largest absolute Gasteiger partial charge is 0.573 e. The molecule has 3 nitrogen and oxygen atoms in total. The topological polar surface area (TPSA) is 34.1 Å². The maximum atomic E-state index is 12.2. The smallest absolute Gasteiger partial charge is 0.406 e. The molecule has 0 aliphatic heterocycles. The predicted molar refractivity (Wildman–Crippen MR) is 88.2 cm³/mol. The quantitative estimate of drug-likeness (QED) is 0.684. The van der Waals surface area contributed by atoms with E-state index in [9.17, 15) is 13.2 Å². The summed E-state index contributed by atoms with van der Waals surface area (Å²) < 4.78 is 40.3. The highest BCUT2D eigenvalue weighted by molar-refractivity contribution is 5.88. The van der Waals surface area contributed by atoms with Gasteiger partial charge in [0.1, 0.15) is 11.6 Å². The monoisotopic (exact) mass is 330 g/mol. The summed E-state index contributed by atoms with van der Waals surface area (Å²) in [6, 6.07) is 15.0. The zero-order chi connectivity index (χ0) is 17.2. The van der Waals surface area contributed by atoms with Gasteiger partial charge in [-0.05, 0) is 36.4 Å². The molecule has 0 fully saturated rings. The van der Waals surface area contributed by atoms with Gasteiger partial charge in [-0.25, -0.2) is 4.98 Å². The normalized spacial score (nSPS) is 11.3. The van der Waals surface area contributed by atoms with E-state index in [-0.39, 0.29) is 5.75 Å². The molecule has 3 rings (SSSR count). The molecule has 24 heavy (non-hydrogen) atoms. The minimum absolute atomic E-state index is 0.270. The van der Waals surface area contributed by atoms with Crippen LogP contribution in [0.25, 0.3) is 17.0 Å². The number of rotatable bonds is 4. The van der Waals surface area contributed by atoms with Crippen molar-refractivity contribution in [1.29, 1.82) is 0 Å². The number of hydrogen-bond donors (Lipinski definition) is 1. The number of pyridine rings is 1. The molecule has 1 aromatic heterocycles. The first-order chi connectivity index (χ1) is 11.4. The molecule has 6 heteroatoms. The first-order valence-corrected chi connectivity index (χ1v) is 7.10. The second-order valence-corrected chi connectivity index (χ2v) is 5.02. The number of hydrogen-bond acceptors (Lipinski definition) is 3. The molecule has 1 N–H and O–H groups in total. The molecular weight excluding hydrogens is 317 g/mol. The molecule has 0 atom stereocenters. The van der Waals surface area contributed by atoms with E-state index in [1.165, 1.54) is 24.3 Å². The Labute approximate surface area is 136 Å². The molecule has 0 spiro atoms. The lowest BCUT2D eigenvalue weighted by Crippen LogP contribution is -2.16. The van der Waals surface area contributed by atoms with E-state index in [0.717, 1.165) is 16.5 Å². The van der Waals surface area contributed by atoms with Crippen LogP contribution in [-0.4, -0.2) is 11.3 Å². The van der Waals surface area contributed by atoms with E-state index in [1.807, 2.05) is 24.3 Å². The lowest BCUT2D eigenvalue weighted by molar-refractivity contribution is -0.274. The van der Waals surface area contributed by atoms with Gasteiger partial charge >= 0.3 is 6.36 Å². The fourth-order valence-corrected chi connectivity index (χ4v) is 2.29. The van der Waals surface area contributed by atoms with Gasteiger partial charge in [0.2, 0.25) is 0 Å². The first-order valence-electron chi connectivity index (χ1n) is 7.10. The fraction of sp³-hybridized carbons (Fsp3) is 0.0556. The summed E-state index contributed by atoms with van der Waals surface area (Å²) in [6.07, 6.45) is -2.97. The Morgan fingerprint density at radius 1 is 1.00 bits per heavy atom. The van der Waals surface area contributed by atoms with Crippen LogP contribution in [0.15, 0.2) is 61.2 Å². The van der Waals surface area contributed by atoms with Gasteiger partial charge in [-0.1, -0.05) is 30.9 Å². The maximum Gasteiger partial charge on any atom is 0.573 e. The minimum atomic E-state index is -4.70. The third-order valence-corrected chi connectivity index (χ3v) is 3.33. The SMILES string of the molecule is C=Cc1cccc2ccc(Nc3ccc(OC(F)(F)F)cc3)nc12. The Kier molecular flexibility index (Phi) is 4.12. The number of benzene rings is 2. The molecule has 0 unspecified atom stereocenters. The van der Waals surface area contributed by atoms with E-state index < -0.39 is 6.36 Å². The van der Waals surface area contributed by atoms with E-state index in [2.05, 4.69) is 21.6 Å². The van der Waals surface area contributed by atoms with Crippen LogP contribution in [0, 0.1) is 0 Å². The van der Waals surface area contributed by atoms with Crippen molar-refractivity contribution in [2.75, 3.05) is 5.32 Å². The highest BCUT2D eigenvalue weighted by Gasteiger charge is 2.30. The highest BCUT2D eigenvalue weighted by atomic mass is 19.4. The second kappa shape index (κ2) is 6.23. The van der Waals surface area contributed by atoms with Gasteiger partial charge in [0.25, 0.3) is 0 Å². The lowest BCUT2D eigenvalue weighted by atomic mass is 10.1. The molecule has 0 saturated heterocycles. The molecule has 122 valence electrons.